The van der Waals surface area contributed by atoms with Crippen LogP contribution in [0.3, 0.4) is 0 Å². The number of rotatable bonds is 5. The highest BCUT2D eigenvalue weighted by atomic mass is 19.1. The number of benzene rings is 2. The molecular formula is C21H21FN4O3. The summed E-state index contributed by atoms with van der Waals surface area (Å²) in [4.78, 5) is 17.0. The Kier molecular flexibility index (Phi) is 5.07. The van der Waals surface area contributed by atoms with Crippen LogP contribution in [0.1, 0.15) is 36.0 Å². The van der Waals surface area contributed by atoms with Crippen molar-refractivity contribution in [1.29, 1.82) is 0 Å². The zero-order chi connectivity index (χ0) is 20.4. The van der Waals surface area contributed by atoms with Crippen LogP contribution in [0.5, 0.6) is 11.5 Å². The lowest BCUT2D eigenvalue weighted by Crippen LogP contribution is -2.40. The molecule has 29 heavy (non-hydrogen) atoms. The Bertz CT molecular complexity index is 1040. The molecule has 1 aromatic heterocycles. The maximum absolute atomic E-state index is 13.8. The molecule has 0 unspecified atom stereocenters. The Morgan fingerprint density at radius 1 is 1.14 bits per heavy atom. The molecule has 0 aliphatic carbocycles. The van der Waals surface area contributed by atoms with E-state index in [1.54, 1.807) is 29.1 Å². The molecule has 2 heterocycles. The number of imidazole rings is 1. The normalized spacial score (nSPS) is 14.3. The van der Waals surface area contributed by atoms with Gasteiger partial charge in [0.25, 0.3) is 0 Å². The molecule has 0 bridgehead atoms. The van der Waals surface area contributed by atoms with Crippen molar-refractivity contribution < 1.29 is 18.7 Å². The third-order valence-corrected chi connectivity index (χ3v) is 4.82. The van der Waals surface area contributed by atoms with Crippen molar-refractivity contribution in [3.05, 3.63) is 77.6 Å². The summed E-state index contributed by atoms with van der Waals surface area (Å²) in [6.07, 6.45) is 3.41. The number of aryl methyl sites for hydroxylation is 1. The molecule has 0 radical (unpaired) electrons. The number of nitrogens with one attached hydrogen (secondary N) is 2. The smallest absolute Gasteiger partial charge is 0.316 e. The van der Waals surface area contributed by atoms with E-state index in [2.05, 4.69) is 15.6 Å². The highest BCUT2D eigenvalue weighted by Gasteiger charge is 2.23. The molecule has 0 saturated carbocycles. The molecule has 2 atom stereocenters. The molecule has 1 aliphatic rings. The number of ether oxygens (including phenoxy) is 2. The summed E-state index contributed by atoms with van der Waals surface area (Å²) in [6.45, 7) is 2.06. The summed E-state index contributed by atoms with van der Waals surface area (Å²) in [7, 11) is 1.82. The molecule has 2 aromatic carbocycles. The highest BCUT2D eigenvalue weighted by Crippen LogP contribution is 2.34. The van der Waals surface area contributed by atoms with Crippen LogP contribution in [0.2, 0.25) is 0 Å². The van der Waals surface area contributed by atoms with Gasteiger partial charge in [-0.3, -0.25) is 0 Å². The van der Waals surface area contributed by atoms with Crippen LogP contribution < -0.4 is 20.1 Å². The van der Waals surface area contributed by atoms with Crippen LogP contribution in [0.25, 0.3) is 0 Å². The molecule has 7 nitrogen and oxygen atoms in total. The minimum atomic E-state index is -0.602. The number of aromatic nitrogens is 2. The van der Waals surface area contributed by atoms with Gasteiger partial charge in [-0.15, -0.1) is 0 Å². The minimum Gasteiger partial charge on any atom is -0.454 e. The Labute approximate surface area is 167 Å². The lowest BCUT2D eigenvalue weighted by molar-refractivity contribution is 0.174. The van der Waals surface area contributed by atoms with Crippen LogP contribution in [-0.2, 0) is 7.05 Å². The van der Waals surface area contributed by atoms with E-state index >= 15 is 0 Å². The van der Waals surface area contributed by atoms with Crippen LogP contribution in [0.15, 0.2) is 54.9 Å². The topological polar surface area (TPSA) is 77.4 Å². The van der Waals surface area contributed by atoms with Crippen molar-refractivity contribution >= 4 is 6.03 Å². The molecule has 0 spiro atoms. The van der Waals surface area contributed by atoms with Crippen LogP contribution >= 0.6 is 0 Å². The Morgan fingerprint density at radius 3 is 2.72 bits per heavy atom. The fourth-order valence-electron chi connectivity index (χ4n) is 3.27. The van der Waals surface area contributed by atoms with Gasteiger partial charge in [0.05, 0.1) is 6.04 Å². The van der Waals surface area contributed by atoms with Gasteiger partial charge in [-0.25, -0.2) is 14.2 Å². The first-order valence-corrected chi connectivity index (χ1v) is 9.20. The Hall–Kier alpha value is -3.55. The van der Waals surface area contributed by atoms with E-state index in [0.29, 0.717) is 22.9 Å². The number of fused-ring (bicyclic) bond motifs is 1. The SMILES string of the molecule is C[C@H](NC(=O)N[C@H](c1cccc(F)c1)c1nccn1C)c1ccc2c(c1)OCO2. The fourth-order valence-corrected chi connectivity index (χ4v) is 3.27. The predicted octanol–water partition coefficient (Wildman–Crippen LogP) is 3.44. The maximum Gasteiger partial charge on any atom is 0.316 e. The van der Waals surface area contributed by atoms with Crippen molar-refractivity contribution in [1.82, 2.24) is 20.2 Å². The first kappa shape index (κ1) is 18.8. The zero-order valence-electron chi connectivity index (χ0n) is 16.1. The van der Waals surface area contributed by atoms with Crippen molar-refractivity contribution in [2.24, 2.45) is 7.05 Å². The molecule has 2 amide bonds. The van der Waals surface area contributed by atoms with Crippen LogP contribution in [0.4, 0.5) is 9.18 Å². The standard InChI is InChI=1S/C21H21FN4O3/c1-13(14-6-7-17-18(11-14)29-12-28-17)24-21(27)25-19(20-23-8-9-26(20)2)15-4-3-5-16(22)10-15/h3-11,13,19H,12H2,1-2H3,(H2,24,25,27)/t13-,19+/m0/s1. The summed E-state index contributed by atoms with van der Waals surface area (Å²) < 4.78 is 26.3. The van der Waals surface area contributed by atoms with Gasteiger partial charge < -0.3 is 24.7 Å². The fraction of sp³-hybridized carbons (Fsp3) is 0.238. The average Bonchev–Trinajstić information content (AvgIpc) is 3.34. The van der Waals surface area contributed by atoms with Crippen LogP contribution in [0, 0.1) is 5.82 Å². The summed E-state index contributed by atoms with van der Waals surface area (Å²) in [5.74, 6) is 1.56. The Balaban J connectivity index is 1.51. The number of halogens is 1. The summed E-state index contributed by atoms with van der Waals surface area (Å²) in [5, 5.41) is 5.81. The van der Waals surface area contributed by atoms with E-state index in [0.717, 1.165) is 5.56 Å². The van der Waals surface area contributed by atoms with Gasteiger partial charge in [0.15, 0.2) is 11.5 Å². The zero-order valence-corrected chi connectivity index (χ0v) is 16.1. The van der Waals surface area contributed by atoms with Crippen LogP contribution in [-0.4, -0.2) is 22.4 Å². The number of carbonyl (C=O) groups is 1. The van der Waals surface area contributed by atoms with E-state index in [-0.39, 0.29) is 18.7 Å². The molecule has 0 saturated heterocycles. The lowest BCUT2D eigenvalue weighted by atomic mass is 10.1. The lowest BCUT2D eigenvalue weighted by Gasteiger charge is -2.22. The van der Waals surface area contributed by atoms with Gasteiger partial charge in [-0.1, -0.05) is 18.2 Å². The third kappa shape index (κ3) is 4.01. The highest BCUT2D eigenvalue weighted by molar-refractivity contribution is 5.75. The monoisotopic (exact) mass is 396 g/mol. The number of nitrogens with zero attached hydrogens (tertiary/aromatic N) is 2. The average molecular weight is 396 g/mol. The van der Waals surface area contributed by atoms with Gasteiger partial charge >= 0.3 is 6.03 Å². The number of carbonyl (C=O) groups excluding carboxylic acids is 1. The molecule has 4 rings (SSSR count). The van der Waals surface area contributed by atoms with Gasteiger partial charge in [0.1, 0.15) is 17.7 Å². The summed E-state index contributed by atoms with van der Waals surface area (Å²) >= 11 is 0. The summed E-state index contributed by atoms with van der Waals surface area (Å²) in [6, 6.07) is 10.4. The van der Waals surface area contributed by atoms with Gasteiger partial charge in [0.2, 0.25) is 6.79 Å². The van der Waals surface area contributed by atoms with Gasteiger partial charge in [0, 0.05) is 19.4 Å². The maximum atomic E-state index is 13.8. The van der Waals surface area contributed by atoms with E-state index in [9.17, 15) is 9.18 Å². The minimum absolute atomic E-state index is 0.195. The van der Waals surface area contributed by atoms with E-state index in [4.69, 9.17) is 9.47 Å². The van der Waals surface area contributed by atoms with E-state index in [1.165, 1.54) is 12.1 Å². The second-order valence-electron chi connectivity index (χ2n) is 6.84. The molecular weight excluding hydrogens is 375 g/mol. The molecule has 0 fully saturated rings. The van der Waals surface area contributed by atoms with Gasteiger partial charge in [-0.2, -0.15) is 0 Å². The number of hydrogen-bond donors (Lipinski definition) is 2. The molecule has 1 aliphatic heterocycles. The molecule has 3 aromatic rings. The molecule has 150 valence electrons. The first-order valence-electron chi connectivity index (χ1n) is 9.20. The Morgan fingerprint density at radius 2 is 1.97 bits per heavy atom. The predicted molar refractivity (Wildman–Crippen MR) is 104 cm³/mol. The third-order valence-electron chi connectivity index (χ3n) is 4.82. The molecule has 2 N–H and O–H groups in total. The van der Waals surface area contributed by atoms with E-state index < -0.39 is 12.1 Å². The van der Waals surface area contributed by atoms with Crippen molar-refractivity contribution in [2.75, 3.05) is 6.79 Å². The second-order valence-corrected chi connectivity index (χ2v) is 6.84. The van der Waals surface area contributed by atoms with E-state index in [1.807, 2.05) is 32.2 Å². The van der Waals surface area contributed by atoms with Crippen molar-refractivity contribution in [3.8, 4) is 11.5 Å². The quantitative estimate of drug-likeness (QED) is 0.693. The second kappa shape index (κ2) is 7.83. The molecule has 8 heteroatoms. The number of urea groups is 1. The first-order chi connectivity index (χ1) is 14.0. The van der Waals surface area contributed by atoms with Crippen molar-refractivity contribution in [3.63, 3.8) is 0 Å². The largest absolute Gasteiger partial charge is 0.454 e. The number of amides is 2. The summed E-state index contributed by atoms with van der Waals surface area (Å²) in [5.41, 5.74) is 1.48. The van der Waals surface area contributed by atoms with Gasteiger partial charge in [-0.05, 0) is 42.3 Å². The number of hydrogen-bond acceptors (Lipinski definition) is 4. The van der Waals surface area contributed by atoms with Crippen molar-refractivity contribution in [2.45, 2.75) is 19.0 Å².